The number of fused-ring (bicyclic) bond motifs is 9. The molecule has 0 radical (unpaired) electrons. The van der Waals surface area contributed by atoms with Crippen LogP contribution in [0, 0.1) is 0 Å². The summed E-state index contributed by atoms with van der Waals surface area (Å²) in [4.78, 5) is 0. The summed E-state index contributed by atoms with van der Waals surface area (Å²) in [5.74, 6) is 0. The van der Waals surface area contributed by atoms with E-state index in [4.69, 9.17) is 0 Å². The number of rotatable bonds is 6. The lowest BCUT2D eigenvalue weighted by atomic mass is 9.88. The van der Waals surface area contributed by atoms with E-state index in [0.29, 0.717) is 0 Å². The first-order chi connectivity index (χ1) is 34.6. The molecule has 0 nitrogen and oxygen atoms in total. The first kappa shape index (κ1) is 40.0. The average Bonchev–Trinajstić information content (AvgIpc) is 3.43. The van der Waals surface area contributed by atoms with Crippen LogP contribution in [0.3, 0.4) is 0 Å². The largest absolute Gasteiger partial charge is 0.0616 e. The molecule has 0 spiro atoms. The molecule has 0 atom stereocenters. The third-order valence-electron chi connectivity index (χ3n) is 14.7. The van der Waals surface area contributed by atoms with Gasteiger partial charge in [0.25, 0.3) is 0 Å². The van der Waals surface area contributed by atoms with Gasteiger partial charge >= 0.3 is 0 Å². The van der Waals surface area contributed by atoms with Crippen LogP contribution < -0.4 is 0 Å². The highest BCUT2D eigenvalue weighted by molar-refractivity contribution is 6.15. The van der Waals surface area contributed by atoms with Crippen LogP contribution >= 0.6 is 0 Å². The summed E-state index contributed by atoms with van der Waals surface area (Å²) in [6.07, 6.45) is 0. The zero-order valence-electron chi connectivity index (χ0n) is 38.4. The van der Waals surface area contributed by atoms with Crippen LogP contribution in [-0.4, -0.2) is 0 Å². The molecule has 70 heavy (non-hydrogen) atoms. The van der Waals surface area contributed by atoms with E-state index >= 15 is 0 Å². The van der Waals surface area contributed by atoms with Gasteiger partial charge in [-0.2, -0.15) is 0 Å². The van der Waals surface area contributed by atoms with Gasteiger partial charge in [0.05, 0.1) is 0 Å². The van der Waals surface area contributed by atoms with Gasteiger partial charge in [0.1, 0.15) is 0 Å². The molecule has 0 unspecified atom stereocenters. The van der Waals surface area contributed by atoms with Gasteiger partial charge in [0.15, 0.2) is 0 Å². The maximum absolute atomic E-state index is 2.40. The third kappa shape index (κ3) is 6.92. The van der Waals surface area contributed by atoms with Gasteiger partial charge in [0.2, 0.25) is 0 Å². The van der Waals surface area contributed by atoms with Crippen molar-refractivity contribution in [3.63, 3.8) is 0 Å². The van der Waals surface area contributed by atoms with Crippen LogP contribution in [0.25, 0.3) is 142 Å². The van der Waals surface area contributed by atoms with E-state index in [1.54, 1.807) is 0 Å². The van der Waals surface area contributed by atoms with Gasteiger partial charge < -0.3 is 0 Å². The van der Waals surface area contributed by atoms with Crippen molar-refractivity contribution in [2.75, 3.05) is 0 Å². The van der Waals surface area contributed by atoms with Crippen molar-refractivity contribution >= 4 is 75.4 Å². The Hall–Kier alpha value is -9.10. The summed E-state index contributed by atoms with van der Waals surface area (Å²) < 4.78 is 0. The Morgan fingerprint density at radius 2 is 0.400 bits per heavy atom. The van der Waals surface area contributed by atoms with E-state index in [1.807, 2.05) is 0 Å². The second-order valence-electron chi connectivity index (χ2n) is 18.9. The molecule has 0 heteroatoms. The lowest BCUT2D eigenvalue weighted by Crippen LogP contribution is -1.90. The van der Waals surface area contributed by atoms with Gasteiger partial charge in [-0.3, -0.25) is 0 Å². The summed E-state index contributed by atoms with van der Waals surface area (Å²) in [6.45, 7) is 0. The van der Waals surface area contributed by atoms with Crippen molar-refractivity contribution in [3.05, 3.63) is 267 Å². The first-order valence-corrected chi connectivity index (χ1v) is 24.3. The van der Waals surface area contributed by atoms with E-state index < -0.39 is 0 Å². The normalized spacial score (nSPS) is 11.7. The topological polar surface area (TPSA) is 0 Å². The molecule has 0 aliphatic heterocycles. The molecule has 0 fully saturated rings. The van der Waals surface area contributed by atoms with E-state index in [1.165, 1.54) is 142 Å². The van der Waals surface area contributed by atoms with Crippen LogP contribution in [0.4, 0.5) is 0 Å². The van der Waals surface area contributed by atoms with Gasteiger partial charge in [-0.15, -0.1) is 0 Å². The Kier molecular flexibility index (Phi) is 9.32. The Morgan fingerprint density at radius 3 is 0.786 bits per heavy atom. The predicted octanol–water partition coefficient (Wildman–Crippen LogP) is 19.8. The molecule has 324 valence electrons. The van der Waals surface area contributed by atoms with Gasteiger partial charge in [-0.25, -0.2) is 0 Å². The van der Waals surface area contributed by atoms with Crippen LogP contribution in [-0.2, 0) is 0 Å². The van der Waals surface area contributed by atoms with E-state index in [0.717, 1.165) is 0 Å². The Bertz CT molecular complexity index is 4140. The molecule has 0 heterocycles. The maximum atomic E-state index is 2.40. The molecule has 14 aromatic carbocycles. The van der Waals surface area contributed by atoms with Crippen LogP contribution in [0.15, 0.2) is 267 Å². The fourth-order valence-electron chi connectivity index (χ4n) is 11.2. The quantitative estimate of drug-likeness (QED) is 0.146. The fourth-order valence-corrected chi connectivity index (χ4v) is 11.2. The second-order valence-corrected chi connectivity index (χ2v) is 18.9. The zero-order valence-corrected chi connectivity index (χ0v) is 38.4. The molecule has 14 rings (SSSR count). The van der Waals surface area contributed by atoms with Crippen LogP contribution in [0.2, 0.25) is 0 Å². The monoisotopic (exact) mass is 884 g/mol. The average molecular weight is 885 g/mol. The Morgan fingerprint density at radius 1 is 0.129 bits per heavy atom. The van der Waals surface area contributed by atoms with E-state index in [2.05, 4.69) is 267 Å². The summed E-state index contributed by atoms with van der Waals surface area (Å²) in [5.41, 5.74) is 14.4. The third-order valence-corrected chi connectivity index (χ3v) is 14.7. The molecule has 0 saturated carbocycles. The standard InChI is InChI=1S/C70H44/c1-3-15-48-33-50(29-25-45(48)13-1)57-37-59(41-61(39-57)69-43-54-17-5-7-19-63(54)65-21-9-11-23-67(65)69)52-31-27-47-28-32-53(36-56(47)35-52)60-38-58(51-30-26-46-14-2-4-16-49(46)34-51)40-62(42-60)70-44-55-18-6-8-20-64(55)66-22-10-12-24-68(66)70/h1-44H. The molecule has 0 bridgehead atoms. The molecule has 0 aliphatic carbocycles. The fraction of sp³-hybridized carbons (Fsp3) is 0. The van der Waals surface area contributed by atoms with Crippen LogP contribution in [0.1, 0.15) is 0 Å². The molecule has 0 saturated heterocycles. The van der Waals surface area contributed by atoms with Crippen LogP contribution in [0.5, 0.6) is 0 Å². The molecular weight excluding hydrogens is 841 g/mol. The van der Waals surface area contributed by atoms with Gasteiger partial charge in [0, 0.05) is 0 Å². The highest BCUT2D eigenvalue weighted by Crippen LogP contribution is 2.43. The Labute approximate surface area is 407 Å². The van der Waals surface area contributed by atoms with E-state index in [9.17, 15) is 0 Å². The first-order valence-electron chi connectivity index (χ1n) is 24.3. The summed E-state index contributed by atoms with van der Waals surface area (Å²) in [5, 5.41) is 17.5. The van der Waals surface area contributed by atoms with Gasteiger partial charge in [-0.1, -0.05) is 194 Å². The molecule has 0 amide bonds. The summed E-state index contributed by atoms with van der Waals surface area (Å²) >= 11 is 0. The molecule has 0 aliphatic rings. The highest BCUT2D eigenvalue weighted by Gasteiger charge is 2.16. The van der Waals surface area contributed by atoms with Crippen molar-refractivity contribution in [2.45, 2.75) is 0 Å². The minimum absolute atomic E-state index is 1.19. The van der Waals surface area contributed by atoms with Crippen molar-refractivity contribution in [1.82, 2.24) is 0 Å². The summed E-state index contributed by atoms with van der Waals surface area (Å²) in [6, 6.07) is 99.4. The lowest BCUT2D eigenvalue weighted by molar-refractivity contribution is 1.59. The minimum atomic E-state index is 1.19. The molecule has 0 N–H and O–H groups in total. The minimum Gasteiger partial charge on any atom is -0.0616 e. The number of hydrogen-bond acceptors (Lipinski definition) is 0. The maximum Gasteiger partial charge on any atom is -0.00986 e. The van der Waals surface area contributed by atoms with Crippen molar-refractivity contribution < 1.29 is 0 Å². The second kappa shape index (κ2) is 16.3. The highest BCUT2D eigenvalue weighted by atomic mass is 14.2. The zero-order chi connectivity index (χ0) is 46.1. The lowest BCUT2D eigenvalue weighted by Gasteiger charge is -2.16. The van der Waals surface area contributed by atoms with Crippen molar-refractivity contribution in [2.24, 2.45) is 0 Å². The molecule has 14 aromatic rings. The summed E-state index contributed by atoms with van der Waals surface area (Å²) in [7, 11) is 0. The van der Waals surface area contributed by atoms with Gasteiger partial charge in [-0.05, 0) is 215 Å². The molecule has 0 aromatic heterocycles. The van der Waals surface area contributed by atoms with Crippen molar-refractivity contribution in [3.8, 4) is 66.8 Å². The number of hydrogen-bond donors (Lipinski definition) is 0. The molecular formula is C70H44. The predicted molar refractivity (Wildman–Crippen MR) is 302 cm³/mol. The Balaban J connectivity index is 0.952. The SMILES string of the molecule is c1ccc2cc(-c3cc(-c4ccc5ccc(-c6cc(-c7ccc8ccccc8c7)cc(-c7cc8ccccc8c8ccccc78)c6)cc5c4)cc(-c4cc5ccccc5c5ccccc45)c3)ccc2c1. The number of benzene rings is 14. The van der Waals surface area contributed by atoms with Crippen molar-refractivity contribution in [1.29, 1.82) is 0 Å². The smallest absolute Gasteiger partial charge is 0.00986 e. The van der Waals surface area contributed by atoms with E-state index in [-0.39, 0.29) is 0 Å².